The zero-order valence-electron chi connectivity index (χ0n) is 12.2. The lowest BCUT2D eigenvalue weighted by Crippen LogP contribution is -2.46. The Balaban J connectivity index is 0. The predicted molar refractivity (Wildman–Crippen MR) is 76.9 cm³/mol. The molecule has 0 aromatic carbocycles. The average Bonchev–Trinajstić information content (AvgIpc) is 2.38. The van der Waals surface area contributed by atoms with Crippen LogP contribution in [0.25, 0.3) is 0 Å². The van der Waals surface area contributed by atoms with Crippen molar-refractivity contribution in [1.29, 1.82) is 0 Å². The largest absolute Gasteiger partial charge is 0.500 e. The van der Waals surface area contributed by atoms with Gasteiger partial charge in [-0.1, -0.05) is 6.58 Å². The highest BCUT2D eigenvalue weighted by Gasteiger charge is 2.39. The summed E-state index contributed by atoms with van der Waals surface area (Å²) >= 11 is 0. The topological polar surface area (TPSA) is 91.0 Å². The minimum atomic E-state index is -2.40. The van der Waals surface area contributed by atoms with Crippen LogP contribution in [0, 0.1) is 0 Å². The van der Waals surface area contributed by atoms with E-state index in [0.29, 0.717) is 26.4 Å². The lowest BCUT2D eigenvalue weighted by atomic mass is 10.5. The molecule has 114 valence electrons. The van der Waals surface area contributed by atoms with Gasteiger partial charge in [0.15, 0.2) is 0 Å². The summed E-state index contributed by atoms with van der Waals surface area (Å²) in [4.78, 5) is 9.25. The molecule has 7 heteroatoms. The van der Waals surface area contributed by atoms with Crippen LogP contribution in [0.15, 0.2) is 12.7 Å². The Bertz CT molecular complexity index is 221. The molecule has 0 saturated carbocycles. The van der Waals surface area contributed by atoms with E-state index in [0.717, 1.165) is 18.5 Å². The molecule has 19 heavy (non-hydrogen) atoms. The zero-order chi connectivity index (χ0) is 15.1. The molecule has 0 amide bonds. The molecule has 0 aliphatic heterocycles. The molecular weight excluding hydrogens is 266 g/mol. The van der Waals surface area contributed by atoms with Gasteiger partial charge in [-0.15, -0.1) is 0 Å². The molecule has 0 aliphatic carbocycles. The molecule has 0 rings (SSSR count). The van der Waals surface area contributed by atoms with Crippen LogP contribution < -0.4 is 5.73 Å². The van der Waals surface area contributed by atoms with Gasteiger partial charge in [-0.25, -0.2) is 4.79 Å². The van der Waals surface area contributed by atoms with Gasteiger partial charge in [-0.2, -0.15) is 0 Å². The monoisotopic (exact) mass is 293 g/mol. The molecule has 3 N–H and O–H groups in total. The summed E-state index contributed by atoms with van der Waals surface area (Å²) in [5.74, 6) is -0.981. The molecule has 0 bridgehead atoms. The van der Waals surface area contributed by atoms with Gasteiger partial charge >= 0.3 is 14.8 Å². The van der Waals surface area contributed by atoms with Gasteiger partial charge in [0.25, 0.3) is 0 Å². The maximum absolute atomic E-state index is 9.25. The molecule has 0 aromatic heterocycles. The zero-order valence-corrected chi connectivity index (χ0v) is 13.2. The number of aliphatic carboxylic acids is 1. The molecule has 0 saturated heterocycles. The first kappa shape index (κ1) is 20.6. The molecule has 0 aromatic rings. The van der Waals surface area contributed by atoms with Crippen molar-refractivity contribution in [1.82, 2.24) is 0 Å². The summed E-state index contributed by atoms with van der Waals surface area (Å²) in [5, 5.41) is 7.60. The molecule has 0 unspecified atom stereocenters. The highest BCUT2D eigenvalue weighted by atomic mass is 28.4. The Hall–Kier alpha value is -0.733. The molecule has 0 atom stereocenters. The van der Waals surface area contributed by atoms with Crippen LogP contribution in [-0.2, 0) is 18.1 Å². The number of nitrogens with two attached hydrogens (primary N) is 1. The van der Waals surface area contributed by atoms with Crippen LogP contribution in [0.3, 0.4) is 0 Å². The van der Waals surface area contributed by atoms with Gasteiger partial charge < -0.3 is 24.1 Å². The lowest BCUT2D eigenvalue weighted by Gasteiger charge is -2.28. The third-order valence-corrected chi connectivity index (χ3v) is 5.11. The third-order valence-electron chi connectivity index (χ3n) is 1.95. The first-order valence-electron chi connectivity index (χ1n) is 6.49. The Labute approximate surface area is 116 Å². The minimum absolute atomic E-state index is 0.636. The van der Waals surface area contributed by atoms with Crippen molar-refractivity contribution in [2.24, 2.45) is 5.73 Å². The maximum Gasteiger partial charge on any atom is 0.500 e. The number of carboxylic acid groups (broad SMARTS) is 1. The van der Waals surface area contributed by atoms with Crippen molar-refractivity contribution in [3.63, 3.8) is 0 Å². The van der Waals surface area contributed by atoms with Crippen molar-refractivity contribution in [2.45, 2.75) is 33.2 Å². The molecule has 0 heterocycles. The molecular formula is C12H27NO5Si. The van der Waals surface area contributed by atoms with E-state index in [1.807, 2.05) is 20.8 Å². The second-order valence-corrected chi connectivity index (χ2v) is 6.15. The number of carboxylic acids is 1. The van der Waals surface area contributed by atoms with Crippen LogP contribution >= 0.6 is 0 Å². The van der Waals surface area contributed by atoms with E-state index in [2.05, 4.69) is 6.58 Å². The smallest absolute Gasteiger partial charge is 0.478 e. The third kappa shape index (κ3) is 12.1. The summed E-state index contributed by atoms with van der Waals surface area (Å²) in [6.45, 7) is 11.4. The molecule has 0 fully saturated rings. The molecule has 0 spiro atoms. The van der Waals surface area contributed by atoms with Crippen LogP contribution in [-0.4, -0.2) is 46.2 Å². The van der Waals surface area contributed by atoms with Crippen molar-refractivity contribution in [3.8, 4) is 0 Å². The van der Waals surface area contributed by atoms with E-state index in [-0.39, 0.29) is 0 Å². The second-order valence-electron chi connectivity index (χ2n) is 3.42. The first-order valence-corrected chi connectivity index (χ1v) is 8.42. The maximum atomic E-state index is 9.25. The van der Waals surface area contributed by atoms with Gasteiger partial charge in [0.2, 0.25) is 0 Å². The fourth-order valence-electron chi connectivity index (χ4n) is 1.32. The Morgan fingerprint density at radius 3 is 1.79 bits per heavy atom. The number of rotatable bonds is 10. The van der Waals surface area contributed by atoms with Gasteiger partial charge in [-0.3, -0.25) is 0 Å². The van der Waals surface area contributed by atoms with E-state index in [1.54, 1.807) is 0 Å². The second kappa shape index (κ2) is 13.7. The van der Waals surface area contributed by atoms with E-state index < -0.39 is 14.8 Å². The normalized spacial score (nSPS) is 10.5. The highest BCUT2D eigenvalue weighted by molar-refractivity contribution is 6.60. The standard InChI is InChI=1S/C9H23NO3Si.C3H4O2/c1-4-11-14(12-5-2,13-6-3)9-7-8-10;1-2-3(4)5/h4-10H2,1-3H3;2H,1H2,(H,4,5). The first-order chi connectivity index (χ1) is 9.01. The summed E-state index contributed by atoms with van der Waals surface area (Å²) in [5.41, 5.74) is 5.48. The van der Waals surface area contributed by atoms with Crippen molar-refractivity contribution < 1.29 is 23.2 Å². The lowest BCUT2D eigenvalue weighted by molar-refractivity contribution is -0.131. The quantitative estimate of drug-likeness (QED) is 0.470. The van der Waals surface area contributed by atoms with E-state index in [1.165, 1.54) is 0 Å². The molecule has 0 aliphatic rings. The minimum Gasteiger partial charge on any atom is -0.478 e. The summed E-state index contributed by atoms with van der Waals surface area (Å²) in [7, 11) is -2.40. The Morgan fingerprint density at radius 2 is 1.58 bits per heavy atom. The Kier molecular flexibility index (Phi) is 14.8. The predicted octanol–water partition coefficient (Wildman–Crippen LogP) is 1.64. The van der Waals surface area contributed by atoms with Crippen LogP contribution in [0.2, 0.25) is 6.04 Å². The van der Waals surface area contributed by atoms with Crippen LogP contribution in [0.5, 0.6) is 0 Å². The van der Waals surface area contributed by atoms with Gasteiger partial charge in [-0.05, 0) is 33.7 Å². The molecule has 0 radical (unpaired) electrons. The van der Waals surface area contributed by atoms with E-state index in [9.17, 15) is 4.79 Å². The SMILES string of the molecule is C=CC(=O)O.CCO[Si](CCCN)(OCC)OCC. The fourth-order valence-corrected chi connectivity index (χ4v) is 3.96. The van der Waals surface area contributed by atoms with Crippen LogP contribution in [0.1, 0.15) is 27.2 Å². The van der Waals surface area contributed by atoms with Gasteiger partial charge in [0.1, 0.15) is 0 Å². The van der Waals surface area contributed by atoms with E-state index in [4.69, 9.17) is 24.1 Å². The summed E-state index contributed by atoms with van der Waals surface area (Å²) in [6, 6.07) is 0.818. The van der Waals surface area contributed by atoms with Gasteiger partial charge in [0.05, 0.1) is 0 Å². The van der Waals surface area contributed by atoms with E-state index >= 15 is 0 Å². The average molecular weight is 293 g/mol. The number of carbonyl (C=O) groups is 1. The fraction of sp³-hybridized carbons (Fsp3) is 0.750. The van der Waals surface area contributed by atoms with Crippen molar-refractivity contribution in [3.05, 3.63) is 12.7 Å². The van der Waals surface area contributed by atoms with Gasteiger partial charge in [0, 0.05) is 31.9 Å². The number of hydrogen-bond donors (Lipinski definition) is 2. The van der Waals surface area contributed by atoms with Crippen LogP contribution in [0.4, 0.5) is 0 Å². The summed E-state index contributed by atoms with van der Waals surface area (Å²) in [6.07, 6.45) is 1.73. The van der Waals surface area contributed by atoms with Crippen molar-refractivity contribution >= 4 is 14.8 Å². The highest BCUT2D eigenvalue weighted by Crippen LogP contribution is 2.17. The Morgan fingerprint density at radius 1 is 1.21 bits per heavy atom. The molecule has 6 nitrogen and oxygen atoms in total. The number of hydrogen-bond acceptors (Lipinski definition) is 5. The summed E-state index contributed by atoms with van der Waals surface area (Å²) < 4.78 is 17.0. The van der Waals surface area contributed by atoms with Crippen molar-refractivity contribution in [2.75, 3.05) is 26.4 Å².